The van der Waals surface area contributed by atoms with Gasteiger partial charge in [-0.25, -0.2) is 0 Å². The van der Waals surface area contributed by atoms with Crippen LogP contribution in [-0.2, 0) is 4.74 Å². The highest BCUT2D eigenvalue weighted by Crippen LogP contribution is 2.37. The Balaban J connectivity index is 2.13. The van der Waals surface area contributed by atoms with Gasteiger partial charge in [-0.2, -0.15) is 0 Å². The molecule has 1 aliphatic carbocycles. The van der Waals surface area contributed by atoms with Crippen LogP contribution in [0.3, 0.4) is 0 Å². The standard InChI is InChI=1S/C15H25N3O/c1-12(13-6-7-13)18(9-10-19-2)15(11-16)14-5-3-4-8-17-14/h3-5,8,12-13,15H,6-7,9-11,16H2,1-2H3. The molecule has 1 saturated carbocycles. The van der Waals surface area contributed by atoms with Gasteiger partial charge >= 0.3 is 0 Å². The van der Waals surface area contributed by atoms with Crippen molar-refractivity contribution < 1.29 is 4.74 Å². The fourth-order valence-electron chi connectivity index (χ4n) is 2.69. The van der Waals surface area contributed by atoms with Crippen LogP contribution in [0.25, 0.3) is 0 Å². The zero-order chi connectivity index (χ0) is 13.7. The Morgan fingerprint density at radius 2 is 2.26 bits per heavy atom. The molecule has 1 fully saturated rings. The van der Waals surface area contributed by atoms with E-state index in [2.05, 4.69) is 22.9 Å². The van der Waals surface area contributed by atoms with E-state index in [0.29, 0.717) is 12.6 Å². The normalized spacial score (nSPS) is 18.5. The lowest BCUT2D eigenvalue weighted by atomic mass is 10.1. The quantitative estimate of drug-likeness (QED) is 0.777. The second kappa shape index (κ2) is 6.98. The SMILES string of the molecule is COCCN(C(CN)c1ccccn1)C(C)C1CC1. The molecule has 1 heterocycles. The first-order valence-electron chi connectivity index (χ1n) is 7.13. The number of ether oxygens (including phenoxy) is 1. The van der Waals surface area contributed by atoms with Gasteiger partial charge in [-0.1, -0.05) is 6.07 Å². The number of pyridine rings is 1. The third-order valence-electron chi connectivity index (χ3n) is 4.03. The summed E-state index contributed by atoms with van der Waals surface area (Å²) in [7, 11) is 1.75. The maximum atomic E-state index is 6.01. The highest BCUT2D eigenvalue weighted by atomic mass is 16.5. The summed E-state index contributed by atoms with van der Waals surface area (Å²) in [6, 6.07) is 6.77. The van der Waals surface area contributed by atoms with E-state index in [0.717, 1.165) is 24.8 Å². The van der Waals surface area contributed by atoms with E-state index < -0.39 is 0 Å². The topological polar surface area (TPSA) is 51.4 Å². The van der Waals surface area contributed by atoms with Gasteiger partial charge in [0.15, 0.2) is 0 Å². The van der Waals surface area contributed by atoms with Gasteiger partial charge in [-0.15, -0.1) is 0 Å². The third-order valence-corrected chi connectivity index (χ3v) is 4.03. The predicted molar refractivity (Wildman–Crippen MR) is 76.8 cm³/mol. The van der Waals surface area contributed by atoms with E-state index >= 15 is 0 Å². The van der Waals surface area contributed by atoms with E-state index in [1.165, 1.54) is 12.8 Å². The molecule has 2 rings (SSSR count). The minimum Gasteiger partial charge on any atom is -0.383 e. The summed E-state index contributed by atoms with van der Waals surface area (Å²) in [6.45, 7) is 4.55. The van der Waals surface area contributed by atoms with Gasteiger partial charge in [-0.05, 0) is 37.8 Å². The summed E-state index contributed by atoms with van der Waals surface area (Å²) in [6.07, 6.45) is 4.52. The van der Waals surface area contributed by atoms with E-state index in [-0.39, 0.29) is 6.04 Å². The molecule has 4 heteroatoms. The number of nitrogens with two attached hydrogens (primary N) is 1. The van der Waals surface area contributed by atoms with Crippen molar-refractivity contribution in [3.63, 3.8) is 0 Å². The molecule has 1 aromatic heterocycles. The van der Waals surface area contributed by atoms with Crippen LogP contribution in [0.15, 0.2) is 24.4 Å². The lowest BCUT2D eigenvalue weighted by Crippen LogP contribution is -2.43. The van der Waals surface area contributed by atoms with Crippen LogP contribution in [0, 0.1) is 5.92 Å². The third kappa shape index (κ3) is 3.75. The van der Waals surface area contributed by atoms with Gasteiger partial charge < -0.3 is 10.5 Å². The molecule has 0 spiro atoms. The van der Waals surface area contributed by atoms with E-state index in [9.17, 15) is 0 Å². The molecule has 2 atom stereocenters. The second-order valence-electron chi connectivity index (χ2n) is 5.31. The van der Waals surface area contributed by atoms with Gasteiger partial charge in [0.2, 0.25) is 0 Å². The summed E-state index contributed by atoms with van der Waals surface area (Å²) in [4.78, 5) is 6.94. The molecular weight excluding hydrogens is 238 g/mol. The van der Waals surface area contributed by atoms with Gasteiger partial charge in [0.05, 0.1) is 18.3 Å². The number of hydrogen-bond donors (Lipinski definition) is 1. The predicted octanol–water partition coefficient (Wildman–Crippen LogP) is 1.83. The second-order valence-corrected chi connectivity index (χ2v) is 5.31. The number of nitrogens with zero attached hydrogens (tertiary/aromatic N) is 2. The first-order valence-corrected chi connectivity index (χ1v) is 7.13. The molecule has 106 valence electrons. The lowest BCUT2D eigenvalue weighted by molar-refractivity contribution is 0.0819. The Hall–Kier alpha value is -0.970. The van der Waals surface area contributed by atoms with E-state index in [1.54, 1.807) is 7.11 Å². The monoisotopic (exact) mass is 263 g/mol. The van der Waals surface area contributed by atoms with Crippen molar-refractivity contribution in [2.24, 2.45) is 11.7 Å². The van der Waals surface area contributed by atoms with Crippen molar-refractivity contribution >= 4 is 0 Å². The number of aromatic nitrogens is 1. The van der Waals surface area contributed by atoms with Crippen molar-refractivity contribution in [1.29, 1.82) is 0 Å². The molecule has 1 aromatic rings. The van der Waals surface area contributed by atoms with Crippen molar-refractivity contribution in [1.82, 2.24) is 9.88 Å². The van der Waals surface area contributed by atoms with Crippen LogP contribution in [-0.4, -0.2) is 42.7 Å². The molecule has 4 nitrogen and oxygen atoms in total. The molecule has 0 radical (unpaired) electrons. The van der Waals surface area contributed by atoms with Crippen molar-refractivity contribution in [3.05, 3.63) is 30.1 Å². The lowest BCUT2D eigenvalue weighted by Gasteiger charge is -2.35. The maximum Gasteiger partial charge on any atom is 0.0647 e. The molecule has 0 aliphatic heterocycles. The number of rotatable bonds is 8. The molecule has 0 bridgehead atoms. The summed E-state index contributed by atoms with van der Waals surface area (Å²) in [5.74, 6) is 0.814. The van der Waals surface area contributed by atoms with Crippen molar-refractivity contribution in [2.75, 3.05) is 26.8 Å². The largest absolute Gasteiger partial charge is 0.383 e. The average molecular weight is 263 g/mol. The molecule has 19 heavy (non-hydrogen) atoms. The van der Waals surface area contributed by atoms with Crippen molar-refractivity contribution in [2.45, 2.75) is 31.8 Å². The Bertz CT molecular complexity index is 367. The van der Waals surface area contributed by atoms with Gasteiger partial charge in [0.25, 0.3) is 0 Å². The van der Waals surface area contributed by atoms with Crippen LogP contribution in [0.2, 0.25) is 0 Å². The Morgan fingerprint density at radius 3 is 2.79 bits per heavy atom. The highest BCUT2D eigenvalue weighted by molar-refractivity contribution is 5.10. The minimum absolute atomic E-state index is 0.187. The highest BCUT2D eigenvalue weighted by Gasteiger charge is 2.35. The fraction of sp³-hybridized carbons (Fsp3) is 0.667. The molecule has 0 saturated heterocycles. The smallest absolute Gasteiger partial charge is 0.0647 e. The van der Waals surface area contributed by atoms with Crippen LogP contribution in [0.1, 0.15) is 31.5 Å². The minimum atomic E-state index is 0.187. The van der Waals surface area contributed by atoms with Crippen LogP contribution in [0.5, 0.6) is 0 Å². The van der Waals surface area contributed by atoms with Gasteiger partial charge in [0, 0.05) is 32.4 Å². The average Bonchev–Trinajstić information content (AvgIpc) is 3.28. The Labute approximate surface area is 116 Å². The molecule has 2 unspecified atom stereocenters. The van der Waals surface area contributed by atoms with Gasteiger partial charge in [0.1, 0.15) is 0 Å². The maximum absolute atomic E-state index is 6.01. The molecule has 0 aromatic carbocycles. The van der Waals surface area contributed by atoms with E-state index in [4.69, 9.17) is 10.5 Å². The summed E-state index contributed by atoms with van der Waals surface area (Å²) in [5, 5.41) is 0. The first kappa shape index (κ1) is 14.4. The summed E-state index contributed by atoms with van der Waals surface area (Å²) in [5.41, 5.74) is 7.08. The number of hydrogen-bond acceptors (Lipinski definition) is 4. The molecule has 0 amide bonds. The van der Waals surface area contributed by atoms with Crippen LogP contribution in [0.4, 0.5) is 0 Å². The summed E-state index contributed by atoms with van der Waals surface area (Å²) >= 11 is 0. The van der Waals surface area contributed by atoms with Crippen molar-refractivity contribution in [3.8, 4) is 0 Å². The molecule has 2 N–H and O–H groups in total. The molecular formula is C15H25N3O. The molecule has 1 aliphatic rings. The Morgan fingerprint density at radius 1 is 1.47 bits per heavy atom. The summed E-state index contributed by atoms with van der Waals surface area (Å²) < 4.78 is 5.25. The zero-order valence-corrected chi connectivity index (χ0v) is 12.0. The van der Waals surface area contributed by atoms with Crippen LogP contribution >= 0.6 is 0 Å². The fourth-order valence-corrected chi connectivity index (χ4v) is 2.69. The van der Waals surface area contributed by atoms with Crippen LogP contribution < -0.4 is 5.73 Å². The zero-order valence-electron chi connectivity index (χ0n) is 12.0. The Kier molecular flexibility index (Phi) is 5.31. The first-order chi connectivity index (χ1) is 9.27. The number of methoxy groups -OCH3 is 1. The van der Waals surface area contributed by atoms with Gasteiger partial charge in [-0.3, -0.25) is 9.88 Å². The van der Waals surface area contributed by atoms with E-state index in [1.807, 2.05) is 18.3 Å².